The zero-order valence-corrected chi connectivity index (χ0v) is 7.95. The van der Waals surface area contributed by atoms with Gasteiger partial charge in [-0.25, -0.2) is 9.50 Å². The van der Waals surface area contributed by atoms with Gasteiger partial charge in [0.2, 0.25) is 0 Å². The molecule has 62 valence electrons. The molecule has 0 spiro atoms. The highest BCUT2D eigenvalue weighted by Crippen LogP contribution is 2.23. The van der Waals surface area contributed by atoms with Crippen molar-refractivity contribution in [3.05, 3.63) is 23.1 Å². The van der Waals surface area contributed by atoms with E-state index in [-0.39, 0.29) is 0 Å². The fourth-order valence-corrected chi connectivity index (χ4v) is 1.56. The SMILES string of the molecule is COc1ccc2ncnn2c1Br. The first-order valence-electron chi connectivity index (χ1n) is 3.35. The Morgan fingerprint density at radius 3 is 3.08 bits per heavy atom. The number of hydrogen-bond acceptors (Lipinski definition) is 3. The summed E-state index contributed by atoms with van der Waals surface area (Å²) >= 11 is 3.36. The Bertz CT molecular complexity index is 412. The van der Waals surface area contributed by atoms with Gasteiger partial charge in [0, 0.05) is 0 Å². The molecule has 0 aliphatic carbocycles. The Hall–Kier alpha value is -1.10. The van der Waals surface area contributed by atoms with Crippen LogP contribution in [0.4, 0.5) is 0 Å². The molecule has 0 unspecified atom stereocenters. The van der Waals surface area contributed by atoms with Crippen molar-refractivity contribution in [3.63, 3.8) is 0 Å². The van der Waals surface area contributed by atoms with Gasteiger partial charge in [-0.15, -0.1) is 0 Å². The van der Waals surface area contributed by atoms with E-state index < -0.39 is 0 Å². The molecule has 0 N–H and O–H groups in total. The van der Waals surface area contributed by atoms with Gasteiger partial charge in [-0.05, 0) is 28.1 Å². The summed E-state index contributed by atoms with van der Waals surface area (Å²) < 4.78 is 7.53. The van der Waals surface area contributed by atoms with Crippen molar-refractivity contribution in [1.82, 2.24) is 14.6 Å². The topological polar surface area (TPSA) is 39.4 Å². The number of pyridine rings is 1. The van der Waals surface area contributed by atoms with Gasteiger partial charge in [0.25, 0.3) is 0 Å². The maximum absolute atomic E-state index is 5.09. The minimum atomic E-state index is 0.744. The Morgan fingerprint density at radius 1 is 1.50 bits per heavy atom. The number of aromatic nitrogens is 3. The molecule has 0 aliphatic heterocycles. The van der Waals surface area contributed by atoms with Gasteiger partial charge in [0.1, 0.15) is 6.33 Å². The van der Waals surface area contributed by atoms with E-state index in [0.717, 1.165) is 16.0 Å². The number of fused-ring (bicyclic) bond motifs is 1. The molecule has 2 aromatic rings. The monoisotopic (exact) mass is 227 g/mol. The van der Waals surface area contributed by atoms with Gasteiger partial charge in [-0.3, -0.25) is 0 Å². The van der Waals surface area contributed by atoms with Crippen molar-refractivity contribution < 1.29 is 4.74 Å². The van der Waals surface area contributed by atoms with Gasteiger partial charge >= 0.3 is 0 Å². The average molecular weight is 228 g/mol. The first-order chi connectivity index (χ1) is 5.83. The van der Waals surface area contributed by atoms with Crippen LogP contribution in [0.15, 0.2) is 23.1 Å². The number of nitrogens with zero attached hydrogens (tertiary/aromatic N) is 3. The van der Waals surface area contributed by atoms with Crippen LogP contribution in [-0.2, 0) is 0 Å². The fourth-order valence-electron chi connectivity index (χ4n) is 0.991. The third kappa shape index (κ3) is 0.972. The molecule has 2 aromatic heterocycles. The van der Waals surface area contributed by atoms with Crippen LogP contribution in [0.5, 0.6) is 5.75 Å². The lowest BCUT2D eigenvalue weighted by atomic mass is 10.4. The number of rotatable bonds is 1. The smallest absolute Gasteiger partial charge is 0.156 e. The molecule has 12 heavy (non-hydrogen) atoms. The summed E-state index contributed by atoms with van der Waals surface area (Å²) in [5.74, 6) is 0.744. The van der Waals surface area contributed by atoms with Crippen LogP contribution in [0.25, 0.3) is 5.65 Å². The standard InChI is InChI=1S/C7H6BrN3O/c1-12-5-2-3-6-9-4-10-11(6)7(5)8/h2-4H,1H3. The predicted molar refractivity (Wildman–Crippen MR) is 47.2 cm³/mol. The second kappa shape index (κ2) is 2.75. The highest BCUT2D eigenvalue weighted by Gasteiger charge is 2.05. The van der Waals surface area contributed by atoms with Crippen molar-refractivity contribution in [1.29, 1.82) is 0 Å². The third-order valence-corrected chi connectivity index (χ3v) is 2.29. The van der Waals surface area contributed by atoms with Crippen molar-refractivity contribution >= 4 is 21.6 Å². The molecule has 0 fully saturated rings. The second-order valence-corrected chi connectivity index (χ2v) is 2.97. The normalized spacial score (nSPS) is 10.5. The fraction of sp³-hybridized carbons (Fsp3) is 0.143. The summed E-state index contributed by atoms with van der Waals surface area (Å²) in [5, 5.41) is 4.01. The maximum atomic E-state index is 5.09. The molecule has 5 heteroatoms. The minimum absolute atomic E-state index is 0.744. The Labute approximate surface area is 77.3 Å². The average Bonchev–Trinajstić information content (AvgIpc) is 2.53. The van der Waals surface area contributed by atoms with Crippen LogP contribution in [0.1, 0.15) is 0 Å². The van der Waals surface area contributed by atoms with Gasteiger partial charge in [0.15, 0.2) is 16.0 Å². The van der Waals surface area contributed by atoms with Gasteiger partial charge in [-0.1, -0.05) is 0 Å². The van der Waals surface area contributed by atoms with E-state index in [1.54, 1.807) is 11.6 Å². The summed E-state index contributed by atoms with van der Waals surface area (Å²) in [4.78, 5) is 4.02. The first kappa shape index (κ1) is 7.54. The van der Waals surface area contributed by atoms with Gasteiger partial charge in [0.05, 0.1) is 7.11 Å². The molecule has 0 atom stereocenters. The lowest BCUT2D eigenvalue weighted by Crippen LogP contribution is -1.93. The van der Waals surface area contributed by atoms with Crippen molar-refractivity contribution in [2.24, 2.45) is 0 Å². The lowest BCUT2D eigenvalue weighted by Gasteiger charge is -2.02. The van der Waals surface area contributed by atoms with Gasteiger partial charge in [-0.2, -0.15) is 5.10 Å². The molecule has 0 aliphatic rings. The van der Waals surface area contributed by atoms with Crippen LogP contribution >= 0.6 is 15.9 Å². The molecule has 0 aromatic carbocycles. The van der Waals surface area contributed by atoms with Crippen LogP contribution in [-0.4, -0.2) is 21.7 Å². The highest BCUT2D eigenvalue weighted by molar-refractivity contribution is 9.10. The van der Waals surface area contributed by atoms with E-state index >= 15 is 0 Å². The molecular weight excluding hydrogens is 222 g/mol. The van der Waals surface area contributed by atoms with Crippen LogP contribution in [0.2, 0.25) is 0 Å². The molecule has 0 saturated carbocycles. The molecule has 0 saturated heterocycles. The molecule has 0 radical (unpaired) electrons. The van der Waals surface area contributed by atoms with Gasteiger partial charge < -0.3 is 4.74 Å². The lowest BCUT2D eigenvalue weighted by molar-refractivity contribution is 0.408. The molecule has 2 rings (SSSR count). The van der Waals surface area contributed by atoms with E-state index in [0.29, 0.717) is 0 Å². The summed E-state index contributed by atoms with van der Waals surface area (Å²) in [7, 11) is 1.61. The summed E-state index contributed by atoms with van der Waals surface area (Å²) in [6, 6.07) is 3.69. The maximum Gasteiger partial charge on any atom is 0.156 e. The van der Waals surface area contributed by atoms with Crippen molar-refractivity contribution in [2.75, 3.05) is 7.11 Å². The van der Waals surface area contributed by atoms with Crippen molar-refractivity contribution in [2.45, 2.75) is 0 Å². The highest BCUT2D eigenvalue weighted by atomic mass is 79.9. The summed E-state index contributed by atoms with van der Waals surface area (Å²) in [5.41, 5.74) is 0.794. The summed E-state index contributed by atoms with van der Waals surface area (Å²) in [6.07, 6.45) is 1.50. The van der Waals surface area contributed by atoms with E-state index in [1.807, 2.05) is 12.1 Å². The van der Waals surface area contributed by atoms with E-state index in [9.17, 15) is 0 Å². The largest absolute Gasteiger partial charge is 0.494 e. The minimum Gasteiger partial charge on any atom is -0.494 e. The molecule has 2 heterocycles. The quantitative estimate of drug-likeness (QED) is 0.694. The number of hydrogen-bond donors (Lipinski definition) is 0. The van der Waals surface area contributed by atoms with Crippen LogP contribution in [0.3, 0.4) is 0 Å². The molecular formula is C7H6BrN3O. The molecule has 0 bridgehead atoms. The van der Waals surface area contributed by atoms with E-state index in [4.69, 9.17) is 4.74 Å². The van der Waals surface area contributed by atoms with E-state index in [2.05, 4.69) is 26.0 Å². The zero-order chi connectivity index (χ0) is 8.55. The Morgan fingerprint density at radius 2 is 2.33 bits per heavy atom. The first-order valence-corrected chi connectivity index (χ1v) is 4.14. The van der Waals surface area contributed by atoms with Crippen LogP contribution in [0, 0.1) is 0 Å². The zero-order valence-electron chi connectivity index (χ0n) is 6.36. The number of ether oxygens (including phenoxy) is 1. The Balaban J connectivity index is 2.78. The van der Waals surface area contributed by atoms with Crippen LogP contribution < -0.4 is 4.74 Å². The Kier molecular flexibility index (Phi) is 1.73. The molecule has 0 amide bonds. The summed E-state index contributed by atoms with van der Waals surface area (Å²) in [6.45, 7) is 0. The molecule has 4 nitrogen and oxygen atoms in total. The number of halogens is 1. The van der Waals surface area contributed by atoms with E-state index in [1.165, 1.54) is 6.33 Å². The third-order valence-electron chi connectivity index (χ3n) is 1.57. The van der Waals surface area contributed by atoms with Crippen molar-refractivity contribution in [3.8, 4) is 5.75 Å². The second-order valence-electron chi connectivity index (χ2n) is 2.22. The number of methoxy groups -OCH3 is 1. The predicted octanol–water partition coefficient (Wildman–Crippen LogP) is 1.50.